The van der Waals surface area contributed by atoms with Crippen LogP contribution in [0.25, 0.3) is 0 Å². The zero-order valence-electron chi connectivity index (χ0n) is 12.0. The van der Waals surface area contributed by atoms with E-state index in [0.717, 1.165) is 12.5 Å². The summed E-state index contributed by atoms with van der Waals surface area (Å²) < 4.78 is 0. The zero-order chi connectivity index (χ0) is 13.2. The lowest BCUT2D eigenvalue weighted by Gasteiger charge is -2.21. The summed E-state index contributed by atoms with van der Waals surface area (Å²) in [6.45, 7) is 7.94. The second-order valence-corrected chi connectivity index (χ2v) is 6.49. The summed E-state index contributed by atoms with van der Waals surface area (Å²) in [7, 11) is 0. The average Bonchev–Trinajstić information content (AvgIpc) is 2.38. The van der Waals surface area contributed by atoms with Crippen molar-refractivity contribution in [3.63, 3.8) is 0 Å². The molecule has 2 heteroatoms. The predicted molar refractivity (Wildman–Crippen MR) is 84.3 cm³/mol. The Kier molecular flexibility index (Phi) is 8.19. The highest BCUT2D eigenvalue weighted by atomic mass is 32.2. The molecule has 0 fully saturated rings. The quantitative estimate of drug-likeness (QED) is 0.659. The van der Waals surface area contributed by atoms with Crippen molar-refractivity contribution in [3.8, 4) is 0 Å². The van der Waals surface area contributed by atoms with Gasteiger partial charge >= 0.3 is 0 Å². The van der Waals surface area contributed by atoms with Gasteiger partial charge in [0.25, 0.3) is 0 Å². The predicted octanol–water partition coefficient (Wildman–Crippen LogP) is 4.51. The summed E-state index contributed by atoms with van der Waals surface area (Å²) >= 11 is 2.03. The Hall–Kier alpha value is -0.470. The molecule has 0 saturated carbocycles. The van der Waals surface area contributed by atoms with Crippen molar-refractivity contribution in [1.29, 1.82) is 0 Å². The van der Waals surface area contributed by atoms with E-state index in [1.54, 1.807) is 0 Å². The lowest BCUT2D eigenvalue weighted by molar-refractivity contribution is 0.431. The van der Waals surface area contributed by atoms with E-state index >= 15 is 0 Å². The molecular formula is C16H27NS. The van der Waals surface area contributed by atoms with Crippen molar-refractivity contribution in [1.82, 2.24) is 5.32 Å². The molecule has 1 nitrogen and oxygen atoms in total. The third-order valence-corrected chi connectivity index (χ3v) is 3.95. The van der Waals surface area contributed by atoms with Crippen molar-refractivity contribution in [2.75, 3.05) is 18.1 Å². The van der Waals surface area contributed by atoms with Crippen LogP contribution in [0.15, 0.2) is 30.3 Å². The second kappa shape index (κ2) is 9.46. The van der Waals surface area contributed by atoms with Crippen molar-refractivity contribution in [2.24, 2.45) is 5.92 Å². The van der Waals surface area contributed by atoms with Crippen LogP contribution in [0.2, 0.25) is 0 Å². The third-order valence-electron chi connectivity index (χ3n) is 2.97. The Morgan fingerprint density at radius 2 is 1.89 bits per heavy atom. The van der Waals surface area contributed by atoms with Crippen LogP contribution in [0.1, 0.15) is 45.2 Å². The summed E-state index contributed by atoms with van der Waals surface area (Å²) in [6.07, 6.45) is 2.48. The zero-order valence-corrected chi connectivity index (χ0v) is 12.8. The minimum Gasteiger partial charge on any atom is -0.310 e. The Morgan fingerprint density at radius 1 is 1.17 bits per heavy atom. The molecule has 1 rings (SSSR count). The Balaban J connectivity index is 2.41. The van der Waals surface area contributed by atoms with Crippen LogP contribution in [0, 0.1) is 5.92 Å². The normalized spacial score (nSPS) is 12.9. The van der Waals surface area contributed by atoms with Crippen LogP contribution in [0.4, 0.5) is 0 Å². The van der Waals surface area contributed by atoms with E-state index in [1.807, 2.05) is 11.8 Å². The number of thioether (sulfide) groups is 1. The molecule has 0 heterocycles. The third kappa shape index (κ3) is 6.46. The van der Waals surface area contributed by atoms with Gasteiger partial charge in [-0.2, -0.15) is 11.8 Å². The number of benzene rings is 1. The summed E-state index contributed by atoms with van der Waals surface area (Å²) in [4.78, 5) is 0. The van der Waals surface area contributed by atoms with Crippen molar-refractivity contribution in [3.05, 3.63) is 35.9 Å². The minimum atomic E-state index is 0.512. The maximum atomic E-state index is 3.71. The molecule has 0 radical (unpaired) electrons. The van der Waals surface area contributed by atoms with E-state index in [1.165, 1.54) is 29.9 Å². The van der Waals surface area contributed by atoms with Gasteiger partial charge in [-0.15, -0.1) is 0 Å². The first-order valence-corrected chi connectivity index (χ1v) is 8.25. The fraction of sp³-hybridized carbons (Fsp3) is 0.625. The molecular weight excluding hydrogens is 238 g/mol. The van der Waals surface area contributed by atoms with E-state index in [0.29, 0.717) is 6.04 Å². The van der Waals surface area contributed by atoms with Gasteiger partial charge in [0.2, 0.25) is 0 Å². The molecule has 18 heavy (non-hydrogen) atoms. The van der Waals surface area contributed by atoms with Crippen molar-refractivity contribution in [2.45, 2.75) is 39.7 Å². The van der Waals surface area contributed by atoms with Crippen LogP contribution >= 0.6 is 11.8 Å². The van der Waals surface area contributed by atoms with Gasteiger partial charge in [-0.25, -0.2) is 0 Å². The maximum absolute atomic E-state index is 3.71. The summed E-state index contributed by atoms with van der Waals surface area (Å²) in [5, 5.41) is 3.71. The molecule has 1 unspecified atom stereocenters. The lowest BCUT2D eigenvalue weighted by atomic mass is 9.97. The Bertz CT molecular complexity index is 297. The van der Waals surface area contributed by atoms with Gasteiger partial charge in [0.1, 0.15) is 0 Å². The van der Waals surface area contributed by atoms with Crippen molar-refractivity contribution < 1.29 is 0 Å². The molecule has 1 N–H and O–H groups in total. The van der Waals surface area contributed by atoms with Crippen LogP contribution in [-0.4, -0.2) is 18.1 Å². The molecule has 0 amide bonds. The molecule has 1 aromatic carbocycles. The number of hydrogen-bond donors (Lipinski definition) is 1. The molecule has 0 spiro atoms. The summed E-state index contributed by atoms with van der Waals surface area (Å²) in [5.74, 6) is 3.23. The molecule has 0 aliphatic heterocycles. The van der Waals surface area contributed by atoms with Gasteiger partial charge in [0.15, 0.2) is 0 Å². The second-order valence-electron chi connectivity index (χ2n) is 5.10. The SMILES string of the molecule is CCSCCCNC(CC(C)C)c1ccccc1. The molecule has 0 bridgehead atoms. The van der Waals surface area contributed by atoms with Crippen LogP contribution < -0.4 is 5.32 Å². The number of nitrogens with one attached hydrogen (secondary N) is 1. The van der Waals surface area contributed by atoms with Gasteiger partial charge in [-0.1, -0.05) is 51.1 Å². The van der Waals surface area contributed by atoms with E-state index < -0.39 is 0 Å². The first kappa shape index (κ1) is 15.6. The summed E-state index contributed by atoms with van der Waals surface area (Å²) in [6, 6.07) is 11.3. The fourth-order valence-corrected chi connectivity index (χ4v) is 2.73. The van der Waals surface area contributed by atoms with E-state index in [9.17, 15) is 0 Å². The van der Waals surface area contributed by atoms with Gasteiger partial charge in [-0.3, -0.25) is 0 Å². The maximum Gasteiger partial charge on any atom is 0.0322 e. The molecule has 102 valence electrons. The van der Waals surface area contributed by atoms with Gasteiger partial charge in [-0.05, 0) is 42.4 Å². The molecule has 0 aliphatic rings. The van der Waals surface area contributed by atoms with E-state index in [2.05, 4.69) is 56.4 Å². The van der Waals surface area contributed by atoms with E-state index in [-0.39, 0.29) is 0 Å². The Morgan fingerprint density at radius 3 is 2.50 bits per heavy atom. The molecule has 1 aromatic rings. The van der Waals surface area contributed by atoms with Crippen LogP contribution in [0.3, 0.4) is 0 Å². The topological polar surface area (TPSA) is 12.0 Å². The highest BCUT2D eigenvalue weighted by Crippen LogP contribution is 2.20. The lowest BCUT2D eigenvalue weighted by Crippen LogP contribution is -2.24. The Labute approximate surface area is 117 Å². The van der Waals surface area contributed by atoms with Gasteiger partial charge in [0.05, 0.1) is 0 Å². The monoisotopic (exact) mass is 265 g/mol. The summed E-state index contributed by atoms with van der Waals surface area (Å²) in [5.41, 5.74) is 1.43. The average molecular weight is 265 g/mol. The minimum absolute atomic E-state index is 0.512. The number of rotatable bonds is 9. The van der Waals surface area contributed by atoms with Crippen LogP contribution in [-0.2, 0) is 0 Å². The first-order valence-electron chi connectivity index (χ1n) is 7.10. The smallest absolute Gasteiger partial charge is 0.0322 e. The molecule has 1 atom stereocenters. The standard InChI is InChI=1S/C16H27NS/c1-4-18-12-8-11-17-16(13-14(2)3)15-9-6-5-7-10-15/h5-7,9-10,14,16-17H,4,8,11-13H2,1-3H3. The largest absolute Gasteiger partial charge is 0.310 e. The highest BCUT2D eigenvalue weighted by molar-refractivity contribution is 7.99. The van der Waals surface area contributed by atoms with E-state index in [4.69, 9.17) is 0 Å². The molecule has 0 saturated heterocycles. The van der Waals surface area contributed by atoms with Gasteiger partial charge in [0, 0.05) is 6.04 Å². The molecule has 0 aliphatic carbocycles. The highest BCUT2D eigenvalue weighted by Gasteiger charge is 2.11. The van der Waals surface area contributed by atoms with Crippen molar-refractivity contribution >= 4 is 11.8 Å². The van der Waals surface area contributed by atoms with Gasteiger partial charge < -0.3 is 5.32 Å². The van der Waals surface area contributed by atoms with Crippen LogP contribution in [0.5, 0.6) is 0 Å². The number of hydrogen-bond acceptors (Lipinski definition) is 2. The fourth-order valence-electron chi connectivity index (χ4n) is 2.09. The molecule has 0 aromatic heterocycles. The first-order chi connectivity index (χ1) is 8.74.